The summed E-state index contributed by atoms with van der Waals surface area (Å²) in [7, 11) is -7.55. The van der Waals surface area contributed by atoms with Crippen LogP contribution in [0.2, 0.25) is 0 Å². The summed E-state index contributed by atoms with van der Waals surface area (Å²) in [6, 6.07) is 9.84. The van der Waals surface area contributed by atoms with Crippen LogP contribution >= 0.6 is 0 Å². The number of sulfonamides is 2. The van der Waals surface area contributed by atoms with E-state index >= 15 is 0 Å². The molecule has 162 valence electrons. The zero-order chi connectivity index (χ0) is 21.4. The lowest BCUT2D eigenvalue weighted by Gasteiger charge is -2.27. The Labute approximate surface area is 178 Å². The first-order valence-corrected chi connectivity index (χ1v) is 13.0. The van der Waals surface area contributed by atoms with E-state index in [9.17, 15) is 16.8 Å². The molecule has 0 bridgehead atoms. The first-order chi connectivity index (χ1) is 14.3. The van der Waals surface area contributed by atoms with Crippen molar-refractivity contribution in [2.45, 2.75) is 42.4 Å². The number of fused-ring (bicyclic) bond motifs is 1. The summed E-state index contributed by atoms with van der Waals surface area (Å²) < 4.78 is 61.2. The molecule has 1 heterocycles. The molecule has 1 fully saturated rings. The van der Waals surface area contributed by atoms with Crippen molar-refractivity contribution in [3.8, 4) is 0 Å². The van der Waals surface area contributed by atoms with Crippen molar-refractivity contribution in [3.05, 3.63) is 53.1 Å². The number of anilines is 1. The predicted octanol–water partition coefficient (Wildman–Crippen LogP) is 2.70. The highest BCUT2D eigenvalue weighted by Gasteiger charge is 2.28. The topological polar surface area (TPSA) is 92.8 Å². The molecule has 1 N–H and O–H groups in total. The molecule has 7 nitrogen and oxygen atoms in total. The Kier molecular flexibility index (Phi) is 5.89. The molecular formula is C21H26N2O5S2. The van der Waals surface area contributed by atoms with Crippen molar-refractivity contribution in [2.75, 3.05) is 31.0 Å². The standard InChI is InChI=1S/C21H26N2O5S2/c1-16-6-8-19(15-21(16)30(26,27)23-10-12-28-13-11-23)22-29(24,25)20-9-7-17-4-2-3-5-18(17)14-20/h6-9,14-15,22H,2-5,10-13H2,1H3. The second kappa shape index (κ2) is 8.30. The van der Waals surface area contributed by atoms with Gasteiger partial charge in [0.05, 0.1) is 28.7 Å². The van der Waals surface area contributed by atoms with Gasteiger partial charge in [-0.15, -0.1) is 0 Å². The molecule has 4 rings (SSSR count). The molecule has 2 aromatic carbocycles. The van der Waals surface area contributed by atoms with Crippen LogP contribution in [0.5, 0.6) is 0 Å². The summed E-state index contributed by atoms with van der Waals surface area (Å²) >= 11 is 0. The molecule has 0 saturated carbocycles. The molecule has 0 atom stereocenters. The molecular weight excluding hydrogens is 424 g/mol. The van der Waals surface area contributed by atoms with Crippen LogP contribution in [0.15, 0.2) is 46.2 Å². The number of nitrogens with one attached hydrogen (secondary N) is 1. The number of ether oxygens (including phenoxy) is 1. The molecule has 1 saturated heterocycles. The fraction of sp³-hybridized carbons (Fsp3) is 0.429. The Bertz CT molecular complexity index is 1150. The molecule has 30 heavy (non-hydrogen) atoms. The highest BCUT2D eigenvalue weighted by atomic mass is 32.2. The van der Waals surface area contributed by atoms with Crippen molar-refractivity contribution in [2.24, 2.45) is 0 Å². The van der Waals surface area contributed by atoms with Gasteiger partial charge >= 0.3 is 0 Å². The molecule has 0 aromatic heterocycles. The largest absolute Gasteiger partial charge is 0.379 e. The minimum absolute atomic E-state index is 0.107. The molecule has 0 amide bonds. The van der Waals surface area contributed by atoms with Crippen LogP contribution in [-0.4, -0.2) is 47.4 Å². The van der Waals surface area contributed by atoms with E-state index in [0.717, 1.165) is 31.2 Å². The lowest BCUT2D eigenvalue weighted by atomic mass is 9.92. The first kappa shape index (κ1) is 21.3. The van der Waals surface area contributed by atoms with Gasteiger partial charge < -0.3 is 4.74 Å². The summed E-state index contributed by atoms with van der Waals surface area (Å²) in [5.74, 6) is 0. The average Bonchev–Trinajstić information content (AvgIpc) is 2.75. The highest BCUT2D eigenvalue weighted by molar-refractivity contribution is 7.92. The SMILES string of the molecule is Cc1ccc(NS(=O)(=O)c2ccc3c(c2)CCCC3)cc1S(=O)(=O)N1CCOCC1. The molecule has 1 aliphatic carbocycles. The summed E-state index contributed by atoms with van der Waals surface area (Å²) in [6.45, 7) is 2.97. The van der Waals surface area contributed by atoms with E-state index in [4.69, 9.17) is 4.74 Å². The number of morpholine rings is 1. The second-order valence-corrected chi connectivity index (χ2v) is 11.3. The van der Waals surface area contributed by atoms with Crippen LogP contribution in [0.25, 0.3) is 0 Å². The first-order valence-electron chi connectivity index (χ1n) is 10.1. The maximum absolute atomic E-state index is 13.0. The van der Waals surface area contributed by atoms with Gasteiger partial charge in [-0.25, -0.2) is 16.8 Å². The Balaban J connectivity index is 1.63. The molecule has 2 aliphatic rings. The number of aryl methyl sites for hydroxylation is 3. The van der Waals surface area contributed by atoms with Crippen molar-refractivity contribution in [1.82, 2.24) is 4.31 Å². The maximum atomic E-state index is 13.0. The van der Waals surface area contributed by atoms with Gasteiger partial charge in [-0.1, -0.05) is 12.1 Å². The maximum Gasteiger partial charge on any atom is 0.261 e. The normalized spacial score (nSPS) is 18.0. The summed E-state index contributed by atoms with van der Waals surface area (Å²) in [5.41, 5.74) is 3.07. The van der Waals surface area contributed by atoms with E-state index in [1.54, 1.807) is 31.2 Å². The zero-order valence-electron chi connectivity index (χ0n) is 16.9. The monoisotopic (exact) mass is 450 g/mol. The lowest BCUT2D eigenvalue weighted by Crippen LogP contribution is -2.40. The number of hydrogen-bond donors (Lipinski definition) is 1. The van der Waals surface area contributed by atoms with Crippen molar-refractivity contribution >= 4 is 25.7 Å². The third-order valence-electron chi connectivity index (χ3n) is 5.66. The van der Waals surface area contributed by atoms with Gasteiger partial charge in [0.1, 0.15) is 0 Å². The van der Waals surface area contributed by atoms with E-state index in [2.05, 4.69) is 4.72 Å². The number of rotatable bonds is 5. The third kappa shape index (κ3) is 4.25. The quantitative estimate of drug-likeness (QED) is 0.756. The predicted molar refractivity (Wildman–Crippen MR) is 115 cm³/mol. The minimum atomic E-state index is -3.83. The molecule has 9 heteroatoms. The molecule has 1 aliphatic heterocycles. The Morgan fingerprint density at radius 2 is 1.60 bits per heavy atom. The van der Waals surface area contributed by atoms with E-state index in [1.165, 1.54) is 15.9 Å². The smallest absolute Gasteiger partial charge is 0.261 e. The molecule has 0 radical (unpaired) electrons. The van der Waals surface area contributed by atoms with Gasteiger partial charge in [0.2, 0.25) is 10.0 Å². The zero-order valence-corrected chi connectivity index (χ0v) is 18.6. The van der Waals surface area contributed by atoms with Gasteiger partial charge in [0.15, 0.2) is 0 Å². The Morgan fingerprint density at radius 3 is 2.33 bits per heavy atom. The summed E-state index contributed by atoms with van der Waals surface area (Å²) in [5, 5.41) is 0. The molecule has 0 spiro atoms. The molecule has 2 aromatic rings. The van der Waals surface area contributed by atoms with Crippen LogP contribution in [-0.2, 0) is 37.6 Å². The van der Waals surface area contributed by atoms with E-state index in [-0.39, 0.29) is 28.6 Å². The van der Waals surface area contributed by atoms with Crippen LogP contribution < -0.4 is 4.72 Å². The highest BCUT2D eigenvalue weighted by Crippen LogP contribution is 2.28. The third-order valence-corrected chi connectivity index (χ3v) is 9.08. The Morgan fingerprint density at radius 1 is 0.900 bits per heavy atom. The van der Waals surface area contributed by atoms with E-state index in [0.29, 0.717) is 18.8 Å². The van der Waals surface area contributed by atoms with Crippen LogP contribution in [0.4, 0.5) is 5.69 Å². The van der Waals surface area contributed by atoms with Crippen LogP contribution in [0.3, 0.4) is 0 Å². The van der Waals surface area contributed by atoms with Crippen molar-refractivity contribution in [1.29, 1.82) is 0 Å². The van der Waals surface area contributed by atoms with Crippen LogP contribution in [0.1, 0.15) is 29.5 Å². The van der Waals surface area contributed by atoms with Gasteiger partial charge in [0.25, 0.3) is 10.0 Å². The fourth-order valence-electron chi connectivity index (χ4n) is 3.96. The van der Waals surface area contributed by atoms with E-state index in [1.807, 2.05) is 6.07 Å². The number of nitrogens with zero attached hydrogens (tertiary/aromatic N) is 1. The summed E-state index contributed by atoms with van der Waals surface area (Å²) in [6.07, 6.45) is 4.04. The number of benzene rings is 2. The van der Waals surface area contributed by atoms with Gasteiger partial charge in [-0.2, -0.15) is 4.31 Å². The van der Waals surface area contributed by atoms with Gasteiger partial charge in [-0.05, 0) is 73.6 Å². The van der Waals surface area contributed by atoms with Crippen molar-refractivity contribution < 1.29 is 21.6 Å². The van der Waals surface area contributed by atoms with Crippen molar-refractivity contribution in [3.63, 3.8) is 0 Å². The fourth-order valence-corrected chi connectivity index (χ4v) is 6.72. The number of hydrogen-bond acceptors (Lipinski definition) is 5. The minimum Gasteiger partial charge on any atom is -0.379 e. The lowest BCUT2D eigenvalue weighted by molar-refractivity contribution is 0.0730. The van der Waals surface area contributed by atoms with Gasteiger partial charge in [-0.3, -0.25) is 4.72 Å². The van der Waals surface area contributed by atoms with Gasteiger partial charge in [0, 0.05) is 13.1 Å². The molecule has 0 unspecified atom stereocenters. The average molecular weight is 451 g/mol. The van der Waals surface area contributed by atoms with E-state index < -0.39 is 20.0 Å². The van der Waals surface area contributed by atoms with Crippen LogP contribution in [0, 0.1) is 6.92 Å². The summed E-state index contributed by atoms with van der Waals surface area (Å²) in [4.78, 5) is 0.302. The Hall–Kier alpha value is -1.94. The second-order valence-electron chi connectivity index (χ2n) is 7.74.